The molecule has 0 radical (unpaired) electrons. The van der Waals surface area contributed by atoms with Gasteiger partial charge in [-0.2, -0.15) is 0 Å². The molecule has 2 atom stereocenters. The highest BCUT2D eigenvalue weighted by molar-refractivity contribution is 5.96. The van der Waals surface area contributed by atoms with Crippen molar-refractivity contribution in [3.8, 4) is 0 Å². The molecule has 2 amide bonds. The van der Waals surface area contributed by atoms with Crippen LogP contribution >= 0.6 is 0 Å². The Morgan fingerprint density at radius 1 is 0.967 bits per heavy atom. The molecule has 2 rings (SSSR count). The maximum absolute atomic E-state index is 12.6. The molecule has 0 spiro atoms. The Morgan fingerprint density at radius 2 is 1.57 bits per heavy atom. The number of benzene rings is 2. The van der Waals surface area contributed by atoms with Crippen LogP contribution in [0.5, 0.6) is 0 Å². The summed E-state index contributed by atoms with van der Waals surface area (Å²) in [6, 6.07) is 14.4. The fraction of sp³-hybridized carbons (Fsp3) is 0.440. The van der Waals surface area contributed by atoms with Crippen molar-refractivity contribution in [3.63, 3.8) is 0 Å². The summed E-state index contributed by atoms with van der Waals surface area (Å²) >= 11 is 0. The third kappa shape index (κ3) is 6.42. The predicted octanol–water partition coefficient (Wildman–Crippen LogP) is 3.27. The Hall–Kier alpha value is -2.66. The number of aryl methyl sites for hydroxylation is 3. The lowest BCUT2D eigenvalue weighted by Crippen LogP contribution is -2.93. The highest BCUT2D eigenvalue weighted by Gasteiger charge is 2.26. The summed E-state index contributed by atoms with van der Waals surface area (Å²) in [5.74, 6) is 0.0195. The third-order valence-corrected chi connectivity index (χ3v) is 5.57. The quantitative estimate of drug-likeness (QED) is 0.593. The van der Waals surface area contributed by atoms with Gasteiger partial charge in [-0.15, -0.1) is 0 Å². The van der Waals surface area contributed by atoms with Gasteiger partial charge in [0.25, 0.3) is 5.91 Å². The minimum Gasteiger partial charge on any atom is -0.342 e. The number of quaternary nitrogens is 1. The monoisotopic (exact) mass is 410 g/mol. The lowest BCUT2D eigenvalue weighted by molar-refractivity contribution is -0.719. The lowest BCUT2D eigenvalue weighted by Gasteiger charge is -2.23. The smallest absolute Gasteiger partial charge is 0.278 e. The lowest BCUT2D eigenvalue weighted by atomic mass is 9.94. The standard InChI is InChI=1S/C25H35N3O2/c1-7-20-11-13-21(14-12-20)23(16(2)3)27-19(6)25(30)26-15-22(29)28-24-17(4)9-8-10-18(24)5/h8-14,16,19,23,27H,7,15H2,1-6H3,(H,26,30)(H,28,29)/p+1/t19-,23-/m0/s1. The number of para-hydroxylation sites is 1. The summed E-state index contributed by atoms with van der Waals surface area (Å²) in [6.07, 6.45) is 1.01. The van der Waals surface area contributed by atoms with Crippen LogP contribution in [0.1, 0.15) is 56.0 Å². The van der Waals surface area contributed by atoms with Gasteiger partial charge in [0.2, 0.25) is 5.91 Å². The number of carbonyl (C=O) groups is 2. The summed E-state index contributed by atoms with van der Waals surface area (Å²) in [4.78, 5) is 24.9. The van der Waals surface area contributed by atoms with Gasteiger partial charge in [0.15, 0.2) is 6.04 Å². The van der Waals surface area contributed by atoms with Gasteiger partial charge in [0, 0.05) is 17.2 Å². The molecule has 0 fully saturated rings. The van der Waals surface area contributed by atoms with E-state index in [1.165, 1.54) is 11.1 Å². The number of nitrogens with one attached hydrogen (secondary N) is 2. The van der Waals surface area contributed by atoms with E-state index in [1.807, 2.05) is 39.0 Å². The fourth-order valence-electron chi connectivity index (χ4n) is 3.62. The molecule has 0 aromatic heterocycles. The minimum absolute atomic E-state index is 0.0394. The van der Waals surface area contributed by atoms with Gasteiger partial charge in [-0.3, -0.25) is 9.59 Å². The first-order valence-electron chi connectivity index (χ1n) is 10.8. The number of hydrogen-bond acceptors (Lipinski definition) is 2. The molecule has 0 heterocycles. The van der Waals surface area contributed by atoms with Gasteiger partial charge in [-0.05, 0) is 43.9 Å². The van der Waals surface area contributed by atoms with E-state index in [-0.39, 0.29) is 30.4 Å². The van der Waals surface area contributed by atoms with Crippen molar-refractivity contribution >= 4 is 17.5 Å². The van der Waals surface area contributed by atoms with Gasteiger partial charge in [-0.25, -0.2) is 0 Å². The Labute approximate surface area is 180 Å². The van der Waals surface area contributed by atoms with Crippen LogP contribution in [-0.2, 0) is 16.0 Å². The van der Waals surface area contributed by atoms with Crippen LogP contribution in [0.2, 0.25) is 0 Å². The van der Waals surface area contributed by atoms with Crippen molar-refractivity contribution in [2.24, 2.45) is 5.92 Å². The van der Waals surface area contributed by atoms with Crippen LogP contribution in [0.4, 0.5) is 5.69 Å². The maximum atomic E-state index is 12.6. The van der Waals surface area contributed by atoms with Crippen molar-refractivity contribution in [1.29, 1.82) is 0 Å². The molecule has 0 unspecified atom stereocenters. The second-order valence-electron chi connectivity index (χ2n) is 8.38. The zero-order valence-electron chi connectivity index (χ0n) is 19.1. The summed E-state index contributed by atoms with van der Waals surface area (Å²) in [5, 5.41) is 7.77. The summed E-state index contributed by atoms with van der Waals surface area (Å²) in [7, 11) is 0. The Kier molecular flexibility index (Phi) is 8.60. The van der Waals surface area contributed by atoms with Crippen molar-refractivity contribution in [1.82, 2.24) is 5.32 Å². The highest BCUT2D eigenvalue weighted by atomic mass is 16.2. The average Bonchev–Trinajstić information content (AvgIpc) is 2.72. The molecule has 0 aliphatic carbocycles. The fourth-order valence-corrected chi connectivity index (χ4v) is 3.62. The van der Waals surface area contributed by atoms with Gasteiger partial charge in [0.05, 0.1) is 6.54 Å². The normalized spacial score (nSPS) is 13.0. The van der Waals surface area contributed by atoms with Crippen LogP contribution in [0.25, 0.3) is 0 Å². The number of amides is 2. The average molecular weight is 411 g/mol. The van der Waals surface area contributed by atoms with E-state index >= 15 is 0 Å². The molecule has 0 saturated heterocycles. The zero-order chi connectivity index (χ0) is 22.3. The molecule has 30 heavy (non-hydrogen) atoms. The Bertz CT molecular complexity index is 839. The molecule has 0 aliphatic rings. The van der Waals surface area contributed by atoms with Crippen LogP contribution < -0.4 is 16.0 Å². The number of anilines is 1. The molecule has 0 bridgehead atoms. The van der Waals surface area contributed by atoms with Crippen LogP contribution in [-0.4, -0.2) is 24.4 Å². The van der Waals surface area contributed by atoms with Gasteiger partial charge >= 0.3 is 0 Å². The van der Waals surface area contributed by atoms with E-state index in [1.54, 1.807) is 0 Å². The number of hydrogen-bond donors (Lipinski definition) is 3. The highest BCUT2D eigenvalue weighted by Crippen LogP contribution is 2.20. The topological polar surface area (TPSA) is 74.8 Å². The molecule has 5 nitrogen and oxygen atoms in total. The van der Waals surface area contributed by atoms with E-state index < -0.39 is 0 Å². The van der Waals surface area contributed by atoms with E-state index in [9.17, 15) is 9.59 Å². The number of nitrogens with two attached hydrogens (primary N) is 1. The second kappa shape index (κ2) is 10.9. The maximum Gasteiger partial charge on any atom is 0.278 e. The van der Waals surface area contributed by atoms with Crippen molar-refractivity contribution < 1.29 is 14.9 Å². The van der Waals surface area contributed by atoms with Crippen LogP contribution in [0.15, 0.2) is 42.5 Å². The first-order chi connectivity index (χ1) is 14.2. The summed E-state index contributed by atoms with van der Waals surface area (Å²) in [6.45, 7) is 12.2. The molecule has 5 heteroatoms. The molecule has 2 aromatic carbocycles. The first-order valence-corrected chi connectivity index (χ1v) is 10.8. The number of rotatable bonds is 9. The second-order valence-corrected chi connectivity index (χ2v) is 8.38. The van der Waals surface area contributed by atoms with Crippen molar-refractivity contribution in [2.75, 3.05) is 11.9 Å². The summed E-state index contributed by atoms with van der Waals surface area (Å²) in [5.41, 5.74) is 5.35. The molecule has 0 aliphatic heterocycles. The van der Waals surface area contributed by atoms with Crippen LogP contribution in [0, 0.1) is 19.8 Å². The molecular weight excluding hydrogens is 374 g/mol. The van der Waals surface area contributed by atoms with Crippen LogP contribution in [0.3, 0.4) is 0 Å². The number of carbonyl (C=O) groups excluding carboxylic acids is 2. The molecule has 4 N–H and O–H groups in total. The van der Waals surface area contributed by atoms with E-state index in [4.69, 9.17) is 0 Å². The summed E-state index contributed by atoms with van der Waals surface area (Å²) < 4.78 is 0. The SMILES string of the molecule is CCc1ccc([C@@H]([NH2+][C@@H](C)C(=O)NCC(=O)Nc2c(C)cccc2C)C(C)C)cc1. The van der Waals surface area contributed by atoms with E-state index in [2.05, 4.69) is 61.0 Å². The Morgan fingerprint density at radius 3 is 2.10 bits per heavy atom. The van der Waals surface area contributed by atoms with Gasteiger partial charge in [0.1, 0.15) is 6.04 Å². The first kappa shape index (κ1) is 23.6. The Balaban J connectivity index is 1.92. The third-order valence-electron chi connectivity index (χ3n) is 5.57. The largest absolute Gasteiger partial charge is 0.342 e. The van der Waals surface area contributed by atoms with Gasteiger partial charge < -0.3 is 16.0 Å². The zero-order valence-corrected chi connectivity index (χ0v) is 19.1. The predicted molar refractivity (Wildman–Crippen MR) is 122 cm³/mol. The molecule has 2 aromatic rings. The molecule has 0 saturated carbocycles. The van der Waals surface area contributed by atoms with E-state index in [0.29, 0.717) is 5.92 Å². The van der Waals surface area contributed by atoms with Gasteiger partial charge in [-0.1, -0.05) is 63.2 Å². The minimum atomic E-state index is -0.295. The van der Waals surface area contributed by atoms with Crippen molar-refractivity contribution in [2.45, 2.75) is 60.0 Å². The van der Waals surface area contributed by atoms with Crippen molar-refractivity contribution in [3.05, 3.63) is 64.7 Å². The molecule has 162 valence electrons. The van der Waals surface area contributed by atoms with E-state index in [0.717, 1.165) is 23.2 Å². The molecular formula is C25H36N3O2+.